The molecule has 21 heteroatoms. The quantitative estimate of drug-likeness (QED) is 0.174. The van der Waals surface area contributed by atoms with Crippen LogP contribution in [0, 0.1) is 0 Å². The molecule has 1 aromatic carbocycles. The van der Waals surface area contributed by atoms with E-state index < -0.39 is 108 Å². The number of nitrogens with one attached hydrogen (secondary N) is 2. The van der Waals surface area contributed by atoms with Gasteiger partial charge < -0.3 is 35.5 Å². The summed E-state index contributed by atoms with van der Waals surface area (Å²) in [6, 6.07) is 2.50. The fourth-order valence-corrected chi connectivity index (χ4v) is 11.1. The molecule has 7 atom stereocenters. The van der Waals surface area contributed by atoms with Crippen molar-refractivity contribution in [2.45, 2.75) is 85.4 Å². The van der Waals surface area contributed by atoms with E-state index in [2.05, 4.69) is 10.6 Å². The van der Waals surface area contributed by atoms with Gasteiger partial charge in [-0.2, -0.15) is 0 Å². The predicted molar refractivity (Wildman–Crippen MR) is 182 cm³/mol. The summed E-state index contributed by atoms with van der Waals surface area (Å²) < 4.78 is 21.4. The van der Waals surface area contributed by atoms with Crippen molar-refractivity contribution in [3.63, 3.8) is 0 Å². The summed E-state index contributed by atoms with van der Waals surface area (Å²) in [4.78, 5) is 114. The van der Waals surface area contributed by atoms with E-state index >= 15 is 0 Å². The van der Waals surface area contributed by atoms with Crippen LogP contribution < -0.4 is 10.6 Å². The predicted octanol–water partition coefficient (Wildman–Crippen LogP) is -1.47. The second-order valence-corrected chi connectivity index (χ2v) is 17.9. The van der Waals surface area contributed by atoms with Crippen LogP contribution in [0.3, 0.4) is 0 Å². The van der Waals surface area contributed by atoms with Crippen molar-refractivity contribution in [3.8, 4) is 0 Å². The maximum Gasteiger partial charge on any atom is 0.328 e. The standard InChI is InChI=1S/C23H27N5O7S.C9H11NO6S/c1-4-26-10-11-27(19(32)18(26)31)22(35)25-13(12-8-6-5-7-9-12)16(29)24-14-17(30)28-15(21(33)34)23(2,3)36-20(14)28;1-4(11)9(2)7(8(13)14)10-5(12)3-6(10)17(9,15)16/h5-9,13-15,20H,4,10-11H2,1-3H3,(H,24,29)(H,25,35)(H,33,34);6-7H,3H2,1-2H3,(H,13,14)/t13?,14-,15+,20-;6?,7-,9-/m10/s1. The van der Waals surface area contributed by atoms with Gasteiger partial charge in [0.2, 0.25) is 17.7 Å². The first kappa shape index (κ1) is 39.2. The van der Waals surface area contributed by atoms with E-state index in [1.165, 1.54) is 21.6 Å². The van der Waals surface area contributed by atoms with Gasteiger partial charge in [0.25, 0.3) is 0 Å². The molecule has 0 spiro atoms. The lowest BCUT2D eigenvalue weighted by atomic mass is 9.93. The number of imide groups is 1. The molecule has 0 aromatic heterocycles. The number of carbonyl (C=O) groups is 9. The Morgan fingerprint density at radius 1 is 0.925 bits per heavy atom. The molecular formula is C32H38N6O13S2. The van der Waals surface area contributed by atoms with Crippen molar-refractivity contribution < 1.29 is 61.8 Å². The molecule has 0 bridgehead atoms. The number of carboxylic acid groups (broad SMARTS) is 2. The molecule has 5 fully saturated rings. The summed E-state index contributed by atoms with van der Waals surface area (Å²) in [6.45, 7) is 7.78. The number of sulfone groups is 1. The molecule has 2 unspecified atom stereocenters. The van der Waals surface area contributed by atoms with E-state index in [9.17, 15) is 56.7 Å². The first-order chi connectivity index (χ1) is 24.6. The van der Waals surface area contributed by atoms with E-state index in [0.29, 0.717) is 12.1 Å². The van der Waals surface area contributed by atoms with Crippen LogP contribution in [-0.2, 0) is 48.2 Å². The molecule has 5 aliphatic rings. The highest BCUT2D eigenvalue weighted by Crippen LogP contribution is 2.51. The lowest BCUT2D eigenvalue weighted by Crippen LogP contribution is -2.71. The van der Waals surface area contributed by atoms with Crippen molar-refractivity contribution in [2.24, 2.45) is 0 Å². The molecule has 5 saturated heterocycles. The molecule has 5 heterocycles. The van der Waals surface area contributed by atoms with Crippen LogP contribution in [0.2, 0.25) is 0 Å². The van der Waals surface area contributed by atoms with E-state index in [1.807, 2.05) is 0 Å². The molecule has 5 aliphatic heterocycles. The van der Waals surface area contributed by atoms with Crippen molar-refractivity contribution in [2.75, 3.05) is 19.6 Å². The number of hydrogen-bond donors (Lipinski definition) is 4. The number of thioether (sulfide) groups is 1. The van der Waals surface area contributed by atoms with E-state index in [1.54, 1.807) is 51.1 Å². The number of carboxylic acids is 2. The number of ketones is 1. The van der Waals surface area contributed by atoms with Crippen LogP contribution in [0.5, 0.6) is 0 Å². The molecule has 0 saturated carbocycles. The minimum atomic E-state index is -3.98. The Hall–Kier alpha value is -5.05. The summed E-state index contributed by atoms with van der Waals surface area (Å²) in [6.07, 6.45) is -0.241. The van der Waals surface area contributed by atoms with E-state index in [-0.39, 0.29) is 19.5 Å². The molecule has 1 aromatic rings. The zero-order valence-corrected chi connectivity index (χ0v) is 30.8. The highest BCUT2D eigenvalue weighted by Gasteiger charge is 2.72. The summed E-state index contributed by atoms with van der Waals surface area (Å²) in [5.41, 5.74) is 0.403. The Bertz CT molecular complexity index is 1920. The highest BCUT2D eigenvalue weighted by molar-refractivity contribution is 8.01. The van der Waals surface area contributed by atoms with Crippen LogP contribution >= 0.6 is 11.8 Å². The van der Waals surface area contributed by atoms with Crippen LogP contribution in [0.25, 0.3) is 0 Å². The number of carbonyl (C=O) groups excluding carboxylic acids is 7. The average molecular weight is 779 g/mol. The number of hydrogen-bond acceptors (Lipinski definition) is 12. The molecule has 7 amide bonds. The minimum Gasteiger partial charge on any atom is -0.480 e. The third kappa shape index (κ3) is 6.17. The molecule has 0 aliphatic carbocycles. The third-order valence-corrected chi connectivity index (χ3v) is 14.6. The van der Waals surface area contributed by atoms with Crippen molar-refractivity contribution in [3.05, 3.63) is 35.9 Å². The number of fused-ring (bicyclic) bond motifs is 2. The van der Waals surface area contributed by atoms with E-state index in [0.717, 1.165) is 23.6 Å². The topological polar surface area (TPSA) is 265 Å². The van der Waals surface area contributed by atoms with Gasteiger partial charge in [-0.1, -0.05) is 30.3 Å². The molecule has 6 rings (SSSR count). The molecule has 19 nitrogen and oxygen atoms in total. The Labute approximate surface area is 307 Å². The van der Waals surface area contributed by atoms with Crippen LogP contribution in [0.1, 0.15) is 52.6 Å². The molecular weight excluding hydrogens is 741 g/mol. The summed E-state index contributed by atoms with van der Waals surface area (Å²) in [5.74, 6) is -6.89. The number of Topliss-reactive ketones (excluding diaryl/α,β-unsaturated/α-hetero) is 1. The van der Waals surface area contributed by atoms with Crippen LogP contribution in [0.15, 0.2) is 30.3 Å². The van der Waals surface area contributed by atoms with Gasteiger partial charge in [0, 0.05) is 24.4 Å². The van der Waals surface area contributed by atoms with Crippen LogP contribution in [-0.4, -0.2) is 150 Å². The van der Waals surface area contributed by atoms with Gasteiger partial charge in [-0.15, -0.1) is 11.8 Å². The number of likely N-dealkylation sites (N-methyl/N-ethyl adjacent to an activating group) is 1. The number of rotatable bonds is 8. The van der Waals surface area contributed by atoms with E-state index in [4.69, 9.17) is 5.11 Å². The maximum atomic E-state index is 13.3. The summed E-state index contributed by atoms with van der Waals surface area (Å²) in [7, 11) is -3.98. The van der Waals surface area contributed by atoms with Gasteiger partial charge in [-0.3, -0.25) is 33.7 Å². The number of urea groups is 1. The summed E-state index contributed by atoms with van der Waals surface area (Å²) >= 11 is 1.28. The average Bonchev–Trinajstić information content (AvgIpc) is 3.43. The van der Waals surface area contributed by atoms with Crippen LogP contribution in [0.4, 0.5) is 4.79 Å². The molecule has 0 radical (unpaired) electrons. The Balaban J connectivity index is 0.000000265. The Morgan fingerprint density at radius 3 is 2.06 bits per heavy atom. The van der Waals surface area contributed by atoms with Gasteiger partial charge >= 0.3 is 29.8 Å². The smallest absolute Gasteiger partial charge is 0.328 e. The molecule has 53 heavy (non-hydrogen) atoms. The normalized spacial score (nSPS) is 29.8. The Morgan fingerprint density at radius 2 is 1.53 bits per heavy atom. The van der Waals surface area contributed by atoms with Crippen molar-refractivity contribution in [1.29, 1.82) is 0 Å². The second-order valence-electron chi connectivity index (χ2n) is 13.6. The fourth-order valence-electron chi connectivity index (χ4n) is 7.12. The van der Waals surface area contributed by atoms with Gasteiger partial charge in [0.05, 0.1) is 6.42 Å². The molecule has 4 N–H and O–H groups in total. The lowest BCUT2D eigenvalue weighted by molar-refractivity contribution is -0.161. The van der Waals surface area contributed by atoms with Crippen molar-refractivity contribution >= 4 is 74.9 Å². The second kappa shape index (κ2) is 13.7. The van der Waals surface area contributed by atoms with Gasteiger partial charge in [0.1, 0.15) is 28.9 Å². The number of piperazine rings is 1. The first-order valence-electron chi connectivity index (χ1n) is 16.4. The van der Waals surface area contributed by atoms with Crippen molar-refractivity contribution in [1.82, 2.24) is 30.2 Å². The Kier molecular flexibility index (Phi) is 10.2. The molecule has 286 valence electrons. The number of nitrogens with zero attached hydrogens (tertiary/aromatic N) is 4. The number of aliphatic carboxylic acids is 2. The van der Waals surface area contributed by atoms with Gasteiger partial charge in [-0.25, -0.2) is 22.8 Å². The summed E-state index contributed by atoms with van der Waals surface area (Å²) in [5, 5.41) is 22.1. The number of amides is 7. The fraction of sp³-hybridized carbons (Fsp3) is 0.531. The first-order valence-corrected chi connectivity index (χ1v) is 18.8. The zero-order valence-electron chi connectivity index (χ0n) is 29.2. The minimum absolute atomic E-state index is 0.0200. The number of β-lactam (4-membered cyclic amide) rings is 2. The lowest BCUT2D eigenvalue weighted by Gasteiger charge is -2.44. The third-order valence-electron chi connectivity index (χ3n) is 10.2. The maximum absolute atomic E-state index is 13.3. The zero-order chi connectivity index (χ0) is 39.5. The SMILES string of the molecule is CC(=O)[C@@]1(C)[C@H](C(=O)O)N2C(=O)CC2S1(=O)=O.CCN1CCN(C(=O)NC(C(=O)N[C@@H]2C(=O)N3[C@@H]2SC(C)(C)[C@@H]3C(=O)O)c2ccccc2)C(=O)C1=O. The van der Waals surface area contributed by atoms with Gasteiger partial charge in [0.15, 0.2) is 26.4 Å². The number of benzene rings is 1. The largest absolute Gasteiger partial charge is 0.480 e. The highest BCUT2D eigenvalue weighted by atomic mass is 32.2. The van der Waals surface area contributed by atoms with Gasteiger partial charge in [-0.05, 0) is 40.2 Å². The monoisotopic (exact) mass is 778 g/mol.